The second-order valence-corrected chi connectivity index (χ2v) is 3.05. The molecule has 2 rings (SSSR count). The largest absolute Gasteiger partial charge is 0.467 e. The molecule has 1 aromatic carbocycles. The minimum Gasteiger partial charge on any atom is -0.467 e. The predicted octanol–water partition coefficient (Wildman–Crippen LogP) is 1.03. The molecule has 0 spiro atoms. The van der Waals surface area contributed by atoms with Crippen LogP contribution in [0.25, 0.3) is 11.0 Å². The van der Waals surface area contributed by atoms with Crippen molar-refractivity contribution in [2.45, 2.75) is 6.10 Å². The van der Waals surface area contributed by atoms with E-state index in [1.54, 1.807) is 24.4 Å². The summed E-state index contributed by atoms with van der Waals surface area (Å²) in [6.45, 7) is 0. The van der Waals surface area contributed by atoms with E-state index in [1.807, 2.05) is 0 Å². The van der Waals surface area contributed by atoms with Crippen molar-refractivity contribution in [1.82, 2.24) is 5.16 Å². The average Bonchev–Trinajstić information content (AvgIpc) is 2.73. The van der Waals surface area contributed by atoms with Crippen molar-refractivity contribution in [3.8, 4) is 0 Å². The van der Waals surface area contributed by atoms with E-state index in [-0.39, 0.29) is 0 Å². The number of hydrogen-bond donors (Lipinski definition) is 1. The minimum absolute atomic E-state index is 0.422. The molecule has 1 N–H and O–H groups in total. The maximum Gasteiger partial charge on any atom is 0.339 e. The van der Waals surface area contributed by atoms with Crippen LogP contribution in [0.1, 0.15) is 11.7 Å². The molecule has 0 amide bonds. The van der Waals surface area contributed by atoms with Gasteiger partial charge in [-0.15, -0.1) is 0 Å². The van der Waals surface area contributed by atoms with E-state index in [2.05, 4.69) is 9.89 Å². The van der Waals surface area contributed by atoms with E-state index in [1.165, 1.54) is 7.11 Å². The Bertz CT molecular complexity index is 491. The Hall–Kier alpha value is -1.88. The van der Waals surface area contributed by atoms with Gasteiger partial charge in [0.25, 0.3) is 0 Å². The number of rotatable bonds is 2. The number of methoxy groups -OCH3 is 1. The molecule has 5 heteroatoms. The van der Waals surface area contributed by atoms with Crippen molar-refractivity contribution < 1.29 is 19.2 Å². The lowest BCUT2D eigenvalue weighted by molar-refractivity contribution is -0.150. The zero-order valence-corrected chi connectivity index (χ0v) is 8.01. The standard InChI is InChI=1S/C10H9NO4/c1-14-10(13)9(12)6-2-3-7-5-11-15-8(7)4-6/h2-5,9,12H,1H3. The molecule has 0 fully saturated rings. The fourth-order valence-electron chi connectivity index (χ4n) is 1.29. The van der Waals surface area contributed by atoms with E-state index < -0.39 is 12.1 Å². The smallest absolute Gasteiger partial charge is 0.339 e. The van der Waals surface area contributed by atoms with E-state index in [0.717, 1.165) is 5.39 Å². The highest BCUT2D eigenvalue weighted by atomic mass is 16.5. The van der Waals surface area contributed by atoms with Gasteiger partial charge in [-0.05, 0) is 17.7 Å². The van der Waals surface area contributed by atoms with Crippen molar-refractivity contribution in [3.05, 3.63) is 30.0 Å². The van der Waals surface area contributed by atoms with Crippen molar-refractivity contribution in [2.24, 2.45) is 0 Å². The molecule has 0 saturated carbocycles. The molecular weight excluding hydrogens is 198 g/mol. The fraction of sp³-hybridized carbons (Fsp3) is 0.200. The minimum atomic E-state index is -1.29. The van der Waals surface area contributed by atoms with Crippen LogP contribution in [0.3, 0.4) is 0 Å². The van der Waals surface area contributed by atoms with Crippen LogP contribution in [0.4, 0.5) is 0 Å². The fourth-order valence-corrected chi connectivity index (χ4v) is 1.29. The molecule has 1 atom stereocenters. The summed E-state index contributed by atoms with van der Waals surface area (Å²) < 4.78 is 9.33. The zero-order chi connectivity index (χ0) is 10.8. The molecule has 0 aliphatic heterocycles. The van der Waals surface area contributed by atoms with Crippen molar-refractivity contribution in [3.63, 3.8) is 0 Å². The summed E-state index contributed by atoms with van der Waals surface area (Å²) in [5.74, 6) is -0.700. The summed E-state index contributed by atoms with van der Waals surface area (Å²) in [4.78, 5) is 11.1. The van der Waals surface area contributed by atoms with Gasteiger partial charge in [0.05, 0.1) is 13.3 Å². The lowest BCUT2D eigenvalue weighted by atomic mass is 10.1. The van der Waals surface area contributed by atoms with Gasteiger partial charge >= 0.3 is 5.97 Å². The van der Waals surface area contributed by atoms with Gasteiger partial charge in [-0.3, -0.25) is 0 Å². The Kier molecular flexibility index (Phi) is 2.39. The van der Waals surface area contributed by atoms with Crippen LogP contribution in [0, 0.1) is 0 Å². The van der Waals surface area contributed by atoms with E-state index in [9.17, 15) is 9.90 Å². The lowest BCUT2D eigenvalue weighted by Crippen LogP contribution is -2.13. The topological polar surface area (TPSA) is 72.6 Å². The number of aliphatic hydroxyl groups is 1. The third kappa shape index (κ3) is 1.69. The Labute approximate surface area is 85.2 Å². The quantitative estimate of drug-likeness (QED) is 0.744. The summed E-state index contributed by atoms with van der Waals surface area (Å²) in [5.41, 5.74) is 0.946. The normalized spacial score (nSPS) is 12.7. The highest BCUT2D eigenvalue weighted by Gasteiger charge is 2.18. The van der Waals surface area contributed by atoms with Crippen LogP contribution < -0.4 is 0 Å². The third-order valence-corrected chi connectivity index (χ3v) is 2.12. The maximum absolute atomic E-state index is 11.1. The van der Waals surface area contributed by atoms with Crippen LogP contribution in [0.15, 0.2) is 28.9 Å². The van der Waals surface area contributed by atoms with E-state index >= 15 is 0 Å². The van der Waals surface area contributed by atoms with Gasteiger partial charge in [0, 0.05) is 5.39 Å². The number of benzene rings is 1. The zero-order valence-electron chi connectivity index (χ0n) is 8.01. The number of esters is 1. The number of carbonyl (C=O) groups excluding carboxylic acids is 1. The number of ether oxygens (including phenoxy) is 1. The number of carbonyl (C=O) groups is 1. The Balaban J connectivity index is 2.39. The van der Waals surface area contributed by atoms with Gasteiger partial charge in [0.2, 0.25) is 0 Å². The maximum atomic E-state index is 11.1. The number of aromatic nitrogens is 1. The van der Waals surface area contributed by atoms with Crippen LogP contribution in [0.5, 0.6) is 0 Å². The molecule has 0 aliphatic rings. The summed E-state index contributed by atoms with van der Waals surface area (Å²) in [5, 5.41) is 14.0. The van der Waals surface area contributed by atoms with Gasteiger partial charge in [-0.1, -0.05) is 11.2 Å². The van der Waals surface area contributed by atoms with Crippen molar-refractivity contribution in [2.75, 3.05) is 7.11 Å². The first-order valence-electron chi connectivity index (χ1n) is 4.32. The molecule has 0 aliphatic carbocycles. The molecule has 0 radical (unpaired) electrons. The van der Waals surface area contributed by atoms with Crippen LogP contribution in [-0.2, 0) is 9.53 Å². The molecule has 78 valence electrons. The van der Waals surface area contributed by atoms with Crippen molar-refractivity contribution >= 4 is 16.9 Å². The third-order valence-electron chi connectivity index (χ3n) is 2.12. The molecule has 5 nitrogen and oxygen atoms in total. The summed E-state index contributed by atoms with van der Waals surface area (Å²) >= 11 is 0. The molecule has 0 bridgehead atoms. The van der Waals surface area contributed by atoms with Gasteiger partial charge < -0.3 is 14.4 Å². The lowest BCUT2D eigenvalue weighted by Gasteiger charge is -2.07. The molecule has 1 heterocycles. The first-order valence-corrected chi connectivity index (χ1v) is 4.32. The number of aliphatic hydroxyl groups excluding tert-OH is 1. The van der Waals surface area contributed by atoms with Gasteiger partial charge in [0.1, 0.15) is 0 Å². The van der Waals surface area contributed by atoms with Crippen molar-refractivity contribution in [1.29, 1.82) is 0 Å². The van der Waals surface area contributed by atoms with Gasteiger partial charge in [-0.25, -0.2) is 4.79 Å². The SMILES string of the molecule is COC(=O)C(O)c1ccc2cnoc2c1. The molecule has 1 unspecified atom stereocenters. The summed E-state index contributed by atoms with van der Waals surface area (Å²) in [7, 11) is 1.22. The first-order chi connectivity index (χ1) is 7.22. The molecule has 15 heavy (non-hydrogen) atoms. The summed E-state index contributed by atoms with van der Waals surface area (Å²) in [6, 6.07) is 4.90. The monoisotopic (exact) mass is 207 g/mol. The number of fused-ring (bicyclic) bond motifs is 1. The van der Waals surface area contributed by atoms with Gasteiger partial charge in [-0.2, -0.15) is 0 Å². The van der Waals surface area contributed by atoms with Crippen LogP contribution in [0.2, 0.25) is 0 Å². The molecule has 1 aromatic heterocycles. The predicted molar refractivity (Wildman–Crippen MR) is 51.0 cm³/mol. The molecule has 0 saturated heterocycles. The van der Waals surface area contributed by atoms with Crippen LogP contribution in [-0.4, -0.2) is 23.3 Å². The molecular formula is C10H9NO4. The number of nitrogens with zero attached hydrogens (tertiary/aromatic N) is 1. The van der Waals surface area contributed by atoms with Gasteiger partial charge in [0.15, 0.2) is 11.7 Å². The first kappa shape index (κ1) is 9.67. The van der Waals surface area contributed by atoms with Crippen LogP contribution >= 0.6 is 0 Å². The van der Waals surface area contributed by atoms with E-state index in [4.69, 9.17) is 4.52 Å². The average molecular weight is 207 g/mol. The number of hydrogen-bond acceptors (Lipinski definition) is 5. The molecule has 2 aromatic rings. The highest BCUT2D eigenvalue weighted by molar-refractivity contribution is 5.81. The second kappa shape index (κ2) is 3.70. The Morgan fingerprint density at radius 2 is 2.40 bits per heavy atom. The summed E-state index contributed by atoms with van der Waals surface area (Å²) in [6.07, 6.45) is 0.272. The second-order valence-electron chi connectivity index (χ2n) is 3.05. The Morgan fingerprint density at radius 3 is 3.13 bits per heavy atom. The van der Waals surface area contributed by atoms with E-state index in [0.29, 0.717) is 11.1 Å². The Morgan fingerprint density at radius 1 is 1.60 bits per heavy atom. The highest BCUT2D eigenvalue weighted by Crippen LogP contribution is 2.20.